The van der Waals surface area contributed by atoms with E-state index in [0.29, 0.717) is 12.5 Å². The van der Waals surface area contributed by atoms with Crippen LogP contribution in [0.1, 0.15) is 35.5 Å². The van der Waals surface area contributed by atoms with Gasteiger partial charge in [0.05, 0.1) is 0 Å². The molecule has 1 aliphatic rings. The van der Waals surface area contributed by atoms with Gasteiger partial charge < -0.3 is 13.9 Å². The standard InChI is InChI=1S/C23H23N3OS/c1-17-13-21(27-16-22-24-11-12-25(22)2)14-23(28)26(17)15-20-9-7-19(8-10-20)6-5-18-3-4-18/h7-14,18H,3-4,15-16H2,1-2H3. The van der Waals surface area contributed by atoms with Crippen molar-refractivity contribution in [2.45, 2.75) is 32.9 Å². The summed E-state index contributed by atoms with van der Waals surface area (Å²) in [6.07, 6.45) is 6.18. The Bertz CT molecular complexity index is 1100. The third-order valence-electron chi connectivity index (χ3n) is 4.89. The van der Waals surface area contributed by atoms with Gasteiger partial charge in [-0.05, 0) is 43.5 Å². The molecular weight excluding hydrogens is 366 g/mol. The first-order valence-corrected chi connectivity index (χ1v) is 9.90. The van der Waals surface area contributed by atoms with Gasteiger partial charge in [0.1, 0.15) is 22.8 Å². The summed E-state index contributed by atoms with van der Waals surface area (Å²) in [4.78, 5) is 4.28. The summed E-state index contributed by atoms with van der Waals surface area (Å²) in [5.41, 5.74) is 3.35. The van der Waals surface area contributed by atoms with Crippen LogP contribution in [0, 0.1) is 29.3 Å². The Morgan fingerprint density at radius 3 is 2.64 bits per heavy atom. The van der Waals surface area contributed by atoms with E-state index in [1.54, 1.807) is 6.20 Å². The molecule has 0 atom stereocenters. The molecule has 5 heteroatoms. The first kappa shape index (κ1) is 18.5. The monoisotopic (exact) mass is 389 g/mol. The number of ether oxygens (including phenoxy) is 1. The molecule has 0 bridgehead atoms. The van der Waals surface area contributed by atoms with Gasteiger partial charge in [-0.15, -0.1) is 0 Å². The van der Waals surface area contributed by atoms with Crippen molar-refractivity contribution >= 4 is 12.2 Å². The molecule has 2 heterocycles. The zero-order valence-corrected chi connectivity index (χ0v) is 17.0. The lowest BCUT2D eigenvalue weighted by Crippen LogP contribution is -2.08. The molecule has 0 saturated heterocycles. The minimum absolute atomic E-state index is 0.422. The van der Waals surface area contributed by atoms with Crippen LogP contribution >= 0.6 is 12.2 Å². The van der Waals surface area contributed by atoms with E-state index in [-0.39, 0.29) is 0 Å². The van der Waals surface area contributed by atoms with Gasteiger partial charge in [-0.1, -0.05) is 36.2 Å². The fraction of sp³-hybridized carbons (Fsp3) is 0.304. The Kier molecular flexibility index (Phi) is 5.31. The fourth-order valence-corrected chi connectivity index (χ4v) is 3.28. The van der Waals surface area contributed by atoms with Crippen LogP contribution in [0.4, 0.5) is 0 Å². The van der Waals surface area contributed by atoms with E-state index in [4.69, 9.17) is 17.0 Å². The lowest BCUT2D eigenvalue weighted by Gasteiger charge is -2.14. The van der Waals surface area contributed by atoms with Crippen LogP contribution in [0.25, 0.3) is 0 Å². The minimum atomic E-state index is 0.422. The zero-order chi connectivity index (χ0) is 19.5. The Morgan fingerprint density at radius 2 is 2.00 bits per heavy atom. The van der Waals surface area contributed by atoms with Crippen LogP contribution in [-0.4, -0.2) is 14.1 Å². The van der Waals surface area contributed by atoms with E-state index in [1.165, 1.54) is 18.4 Å². The highest BCUT2D eigenvalue weighted by Gasteiger charge is 2.17. The summed E-state index contributed by atoms with van der Waals surface area (Å²) in [5, 5.41) is 0. The van der Waals surface area contributed by atoms with Crippen molar-refractivity contribution in [2.24, 2.45) is 13.0 Å². The van der Waals surface area contributed by atoms with E-state index in [1.807, 2.05) is 29.9 Å². The second-order valence-corrected chi connectivity index (χ2v) is 7.66. The van der Waals surface area contributed by atoms with Gasteiger partial charge in [-0.25, -0.2) is 4.98 Å². The van der Waals surface area contributed by atoms with Crippen molar-refractivity contribution in [3.05, 3.63) is 76.1 Å². The fourth-order valence-electron chi connectivity index (χ4n) is 2.96. The van der Waals surface area contributed by atoms with Crippen molar-refractivity contribution in [2.75, 3.05) is 0 Å². The number of pyridine rings is 1. The lowest BCUT2D eigenvalue weighted by molar-refractivity contribution is 0.290. The SMILES string of the molecule is Cc1cc(OCc2nccn2C)cc(=S)n1Cc1ccc(C#CC2CC2)cc1. The molecule has 1 saturated carbocycles. The van der Waals surface area contributed by atoms with Crippen LogP contribution in [-0.2, 0) is 20.2 Å². The number of hydrogen-bond acceptors (Lipinski definition) is 3. The van der Waals surface area contributed by atoms with Crippen LogP contribution < -0.4 is 4.74 Å². The number of aromatic nitrogens is 3. The van der Waals surface area contributed by atoms with Gasteiger partial charge in [0, 0.05) is 49.2 Å². The highest BCUT2D eigenvalue weighted by atomic mass is 32.1. The molecule has 0 radical (unpaired) electrons. The highest BCUT2D eigenvalue weighted by molar-refractivity contribution is 7.71. The van der Waals surface area contributed by atoms with Gasteiger partial charge in [-0.2, -0.15) is 0 Å². The third kappa shape index (κ3) is 4.52. The quantitative estimate of drug-likeness (QED) is 0.470. The number of rotatable bonds is 5. The van der Waals surface area contributed by atoms with Crippen LogP contribution in [0.5, 0.6) is 5.75 Å². The molecule has 1 fully saturated rings. The van der Waals surface area contributed by atoms with E-state index >= 15 is 0 Å². The smallest absolute Gasteiger partial charge is 0.146 e. The summed E-state index contributed by atoms with van der Waals surface area (Å²) >= 11 is 5.61. The molecular formula is C23H23N3OS. The number of hydrogen-bond donors (Lipinski definition) is 0. The zero-order valence-electron chi connectivity index (χ0n) is 16.2. The molecule has 0 spiro atoms. The van der Waals surface area contributed by atoms with E-state index in [2.05, 4.69) is 52.6 Å². The van der Waals surface area contributed by atoms with Crippen LogP contribution in [0.2, 0.25) is 0 Å². The summed E-state index contributed by atoms with van der Waals surface area (Å²) < 4.78 is 10.7. The topological polar surface area (TPSA) is 32.0 Å². The lowest BCUT2D eigenvalue weighted by atomic mass is 10.1. The molecule has 4 nitrogen and oxygen atoms in total. The Labute approximate surface area is 170 Å². The van der Waals surface area contributed by atoms with Crippen molar-refractivity contribution < 1.29 is 4.74 Å². The highest BCUT2D eigenvalue weighted by Crippen LogP contribution is 2.27. The maximum atomic E-state index is 5.89. The molecule has 142 valence electrons. The molecule has 1 aliphatic carbocycles. The summed E-state index contributed by atoms with van der Waals surface area (Å²) in [6, 6.07) is 12.4. The average molecular weight is 390 g/mol. The van der Waals surface area contributed by atoms with Crippen LogP contribution in [0.15, 0.2) is 48.8 Å². The predicted octanol–water partition coefficient (Wildman–Crippen LogP) is 4.65. The minimum Gasteiger partial charge on any atom is -0.486 e. The molecule has 0 N–H and O–H groups in total. The van der Waals surface area contributed by atoms with Crippen molar-refractivity contribution in [1.82, 2.24) is 14.1 Å². The summed E-state index contributed by atoms with van der Waals surface area (Å²) in [5.74, 6) is 8.83. The Morgan fingerprint density at radius 1 is 1.21 bits per heavy atom. The normalized spacial score (nSPS) is 13.1. The van der Waals surface area contributed by atoms with E-state index < -0.39 is 0 Å². The molecule has 0 aliphatic heterocycles. The number of aryl methyl sites for hydroxylation is 2. The molecule has 4 rings (SSSR count). The molecule has 0 amide bonds. The van der Waals surface area contributed by atoms with Gasteiger partial charge in [0.25, 0.3) is 0 Å². The van der Waals surface area contributed by atoms with Crippen LogP contribution in [0.3, 0.4) is 0 Å². The molecule has 1 aromatic carbocycles. The Hall–Kier alpha value is -2.84. The van der Waals surface area contributed by atoms with Crippen molar-refractivity contribution in [3.8, 4) is 17.6 Å². The molecule has 0 unspecified atom stereocenters. The average Bonchev–Trinajstić information content (AvgIpc) is 3.43. The molecule has 3 aromatic rings. The Balaban J connectivity index is 1.45. The van der Waals surface area contributed by atoms with Crippen molar-refractivity contribution in [1.29, 1.82) is 0 Å². The second kappa shape index (κ2) is 8.04. The van der Waals surface area contributed by atoms with Gasteiger partial charge in [0.15, 0.2) is 0 Å². The maximum absolute atomic E-state index is 5.89. The second-order valence-electron chi connectivity index (χ2n) is 7.24. The summed E-state index contributed by atoms with van der Waals surface area (Å²) in [7, 11) is 1.96. The number of nitrogens with zero attached hydrogens (tertiary/aromatic N) is 3. The van der Waals surface area contributed by atoms with Gasteiger partial charge in [0.2, 0.25) is 0 Å². The largest absolute Gasteiger partial charge is 0.486 e. The molecule has 28 heavy (non-hydrogen) atoms. The predicted molar refractivity (Wildman–Crippen MR) is 113 cm³/mol. The number of benzene rings is 1. The summed E-state index contributed by atoms with van der Waals surface area (Å²) in [6.45, 7) is 3.21. The third-order valence-corrected chi connectivity index (χ3v) is 5.23. The van der Waals surface area contributed by atoms with E-state index in [0.717, 1.165) is 34.0 Å². The maximum Gasteiger partial charge on any atom is 0.146 e. The number of imidazole rings is 1. The van der Waals surface area contributed by atoms with Gasteiger partial charge in [-0.3, -0.25) is 0 Å². The van der Waals surface area contributed by atoms with Gasteiger partial charge >= 0.3 is 0 Å². The first-order valence-electron chi connectivity index (χ1n) is 9.49. The van der Waals surface area contributed by atoms with Crippen molar-refractivity contribution in [3.63, 3.8) is 0 Å². The van der Waals surface area contributed by atoms with E-state index in [9.17, 15) is 0 Å². The first-order chi connectivity index (χ1) is 13.6. The molecule has 2 aromatic heterocycles.